The largest absolute Gasteiger partial charge is 0.465 e. The van der Waals surface area contributed by atoms with E-state index in [0.29, 0.717) is 12.6 Å². The topological polar surface area (TPSA) is 54.5 Å². The van der Waals surface area contributed by atoms with Gasteiger partial charge in [0.15, 0.2) is 0 Å². The number of nitrogens with one attached hydrogen (secondary N) is 1. The molecule has 2 heterocycles. The molecule has 110 valence electrons. The summed E-state index contributed by atoms with van der Waals surface area (Å²) in [6.45, 7) is 6.13. The zero-order valence-corrected chi connectivity index (χ0v) is 12.2. The molecule has 1 N–H and O–H groups in total. The van der Waals surface area contributed by atoms with E-state index in [0.717, 1.165) is 25.9 Å². The van der Waals surface area contributed by atoms with Gasteiger partial charge in [0.2, 0.25) is 0 Å². The maximum Gasteiger partial charge on any atom is 0.322 e. The van der Waals surface area contributed by atoms with E-state index >= 15 is 0 Å². The van der Waals surface area contributed by atoms with Crippen LogP contribution in [0.25, 0.3) is 0 Å². The van der Waals surface area contributed by atoms with Crippen molar-refractivity contribution in [1.29, 1.82) is 0 Å². The summed E-state index contributed by atoms with van der Waals surface area (Å²) in [5, 5.41) is 3.36. The molecule has 1 aliphatic heterocycles. The monoisotopic (exact) mass is 277 g/mol. The number of carbonyl (C=O) groups excluding carboxylic acids is 1. The van der Waals surface area contributed by atoms with E-state index in [1.165, 1.54) is 5.69 Å². The van der Waals surface area contributed by atoms with Crippen molar-refractivity contribution in [3.05, 3.63) is 24.5 Å². The highest BCUT2D eigenvalue weighted by Crippen LogP contribution is 2.19. The molecule has 5 nitrogen and oxygen atoms in total. The van der Waals surface area contributed by atoms with Crippen LogP contribution in [0.2, 0.25) is 0 Å². The molecule has 0 saturated carbocycles. The molecule has 0 radical (unpaired) electrons. The number of ether oxygens (including phenoxy) is 1. The van der Waals surface area contributed by atoms with Crippen LogP contribution in [-0.2, 0) is 9.53 Å². The number of pyridine rings is 1. The molecule has 5 heteroatoms. The fraction of sp³-hybridized carbons (Fsp3) is 0.600. The summed E-state index contributed by atoms with van der Waals surface area (Å²) in [6.07, 6.45) is 5.71. The van der Waals surface area contributed by atoms with Gasteiger partial charge >= 0.3 is 5.97 Å². The van der Waals surface area contributed by atoms with Crippen molar-refractivity contribution < 1.29 is 9.53 Å². The summed E-state index contributed by atoms with van der Waals surface area (Å²) < 4.78 is 5.02. The zero-order valence-electron chi connectivity index (χ0n) is 12.2. The Morgan fingerprint density at radius 2 is 2.10 bits per heavy atom. The van der Waals surface area contributed by atoms with E-state index in [2.05, 4.69) is 15.2 Å². The number of rotatable bonds is 5. The van der Waals surface area contributed by atoms with E-state index in [9.17, 15) is 4.79 Å². The highest BCUT2D eigenvalue weighted by atomic mass is 16.5. The molecular weight excluding hydrogens is 254 g/mol. The number of anilines is 1. The summed E-state index contributed by atoms with van der Waals surface area (Å²) in [7, 11) is 0. The number of piperidine rings is 1. The number of nitrogens with zero attached hydrogens (tertiary/aromatic N) is 2. The van der Waals surface area contributed by atoms with E-state index in [4.69, 9.17) is 4.74 Å². The first-order valence-electron chi connectivity index (χ1n) is 7.28. The van der Waals surface area contributed by atoms with Gasteiger partial charge in [-0.2, -0.15) is 0 Å². The molecule has 1 aromatic rings. The molecule has 0 spiro atoms. The lowest BCUT2D eigenvalue weighted by Crippen LogP contribution is -2.48. The predicted molar refractivity (Wildman–Crippen MR) is 78.7 cm³/mol. The second-order valence-electron chi connectivity index (χ2n) is 5.11. The molecule has 1 atom stereocenters. The van der Waals surface area contributed by atoms with Crippen molar-refractivity contribution in [3.8, 4) is 0 Å². The van der Waals surface area contributed by atoms with Crippen LogP contribution >= 0.6 is 0 Å². The third-order valence-electron chi connectivity index (χ3n) is 3.65. The van der Waals surface area contributed by atoms with Gasteiger partial charge in [0.25, 0.3) is 0 Å². The molecule has 1 aliphatic rings. The number of esters is 1. The molecule has 0 bridgehead atoms. The summed E-state index contributed by atoms with van der Waals surface area (Å²) in [4.78, 5) is 18.0. The standard InChI is InChI=1S/C15H23N3O2/c1-3-20-15(19)12(2)17-13-6-10-18(11-7-13)14-4-8-16-9-5-14/h4-5,8-9,12-13,17H,3,6-7,10-11H2,1-2H3. The van der Waals surface area contributed by atoms with Gasteiger partial charge in [0.05, 0.1) is 6.61 Å². The van der Waals surface area contributed by atoms with Gasteiger partial charge in [0.1, 0.15) is 6.04 Å². The maximum absolute atomic E-state index is 11.6. The molecule has 1 unspecified atom stereocenters. The van der Waals surface area contributed by atoms with Gasteiger partial charge in [0, 0.05) is 37.2 Å². The van der Waals surface area contributed by atoms with E-state index in [-0.39, 0.29) is 12.0 Å². The molecule has 0 amide bonds. The fourth-order valence-electron chi connectivity index (χ4n) is 2.55. The van der Waals surface area contributed by atoms with Crippen molar-refractivity contribution in [2.45, 2.75) is 38.8 Å². The average molecular weight is 277 g/mol. The van der Waals surface area contributed by atoms with Crippen molar-refractivity contribution in [1.82, 2.24) is 10.3 Å². The Labute approximate surface area is 120 Å². The molecule has 1 saturated heterocycles. The van der Waals surface area contributed by atoms with Crippen molar-refractivity contribution in [2.24, 2.45) is 0 Å². The summed E-state index contributed by atoms with van der Waals surface area (Å²) in [6, 6.07) is 4.23. The van der Waals surface area contributed by atoms with Crippen LogP contribution in [0.15, 0.2) is 24.5 Å². The number of carbonyl (C=O) groups is 1. The number of aromatic nitrogens is 1. The SMILES string of the molecule is CCOC(=O)C(C)NC1CCN(c2ccncc2)CC1. The predicted octanol–water partition coefficient (Wildman–Crippen LogP) is 1.59. The minimum Gasteiger partial charge on any atom is -0.465 e. The van der Waals surface area contributed by atoms with Crippen molar-refractivity contribution in [3.63, 3.8) is 0 Å². The highest BCUT2D eigenvalue weighted by molar-refractivity contribution is 5.75. The fourth-order valence-corrected chi connectivity index (χ4v) is 2.55. The second-order valence-corrected chi connectivity index (χ2v) is 5.11. The van der Waals surface area contributed by atoms with Crippen LogP contribution in [-0.4, -0.2) is 42.7 Å². The van der Waals surface area contributed by atoms with Crippen LogP contribution in [0.5, 0.6) is 0 Å². The molecule has 0 aromatic carbocycles. The van der Waals surface area contributed by atoms with Gasteiger partial charge in [-0.15, -0.1) is 0 Å². The van der Waals surface area contributed by atoms with Crippen LogP contribution in [0.3, 0.4) is 0 Å². The third-order valence-corrected chi connectivity index (χ3v) is 3.65. The maximum atomic E-state index is 11.6. The molecule has 0 aliphatic carbocycles. The van der Waals surface area contributed by atoms with Gasteiger partial charge < -0.3 is 15.0 Å². The Morgan fingerprint density at radius 3 is 2.70 bits per heavy atom. The normalized spacial score (nSPS) is 17.8. The Bertz CT molecular complexity index is 416. The lowest BCUT2D eigenvalue weighted by Gasteiger charge is -2.34. The Balaban J connectivity index is 1.78. The first-order valence-corrected chi connectivity index (χ1v) is 7.28. The van der Waals surface area contributed by atoms with Gasteiger partial charge in [-0.1, -0.05) is 0 Å². The first-order chi connectivity index (χ1) is 9.70. The van der Waals surface area contributed by atoms with Gasteiger partial charge in [-0.05, 0) is 38.8 Å². The van der Waals surface area contributed by atoms with Crippen LogP contribution in [0, 0.1) is 0 Å². The summed E-state index contributed by atoms with van der Waals surface area (Å²) in [5.41, 5.74) is 1.22. The van der Waals surface area contributed by atoms with Crippen LogP contribution < -0.4 is 10.2 Å². The summed E-state index contributed by atoms with van der Waals surface area (Å²) >= 11 is 0. The van der Waals surface area contributed by atoms with E-state index < -0.39 is 0 Å². The van der Waals surface area contributed by atoms with Gasteiger partial charge in [-0.25, -0.2) is 0 Å². The Kier molecular flexibility index (Phi) is 5.35. The minimum absolute atomic E-state index is 0.163. The first kappa shape index (κ1) is 14.8. The summed E-state index contributed by atoms with van der Waals surface area (Å²) in [5.74, 6) is -0.163. The second kappa shape index (κ2) is 7.24. The van der Waals surface area contributed by atoms with E-state index in [1.807, 2.05) is 38.4 Å². The van der Waals surface area contributed by atoms with Gasteiger partial charge in [-0.3, -0.25) is 9.78 Å². The lowest BCUT2D eigenvalue weighted by molar-refractivity contribution is -0.145. The third kappa shape index (κ3) is 3.93. The highest BCUT2D eigenvalue weighted by Gasteiger charge is 2.23. The molecule has 1 aromatic heterocycles. The molecule has 2 rings (SSSR count). The van der Waals surface area contributed by atoms with Crippen LogP contribution in [0.1, 0.15) is 26.7 Å². The molecule has 20 heavy (non-hydrogen) atoms. The smallest absolute Gasteiger partial charge is 0.322 e. The zero-order chi connectivity index (χ0) is 14.4. The molecular formula is C15H23N3O2. The minimum atomic E-state index is -0.229. The quantitative estimate of drug-likeness (QED) is 0.828. The number of hydrogen-bond acceptors (Lipinski definition) is 5. The van der Waals surface area contributed by atoms with E-state index in [1.54, 1.807) is 0 Å². The van der Waals surface area contributed by atoms with Crippen molar-refractivity contribution in [2.75, 3.05) is 24.6 Å². The number of hydrogen-bond donors (Lipinski definition) is 1. The Morgan fingerprint density at radius 1 is 1.45 bits per heavy atom. The molecule has 1 fully saturated rings. The van der Waals surface area contributed by atoms with Crippen LogP contribution in [0.4, 0.5) is 5.69 Å². The average Bonchev–Trinajstić information content (AvgIpc) is 2.49. The van der Waals surface area contributed by atoms with Crippen molar-refractivity contribution >= 4 is 11.7 Å². The Hall–Kier alpha value is -1.62. The lowest BCUT2D eigenvalue weighted by atomic mass is 10.0.